The Balaban J connectivity index is 1.53. The van der Waals surface area contributed by atoms with Gasteiger partial charge in [-0.3, -0.25) is 0 Å². The Bertz CT molecular complexity index is 611. The van der Waals surface area contributed by atoms with Gasteiger partial charge in [-0.05, 0) is 77.0 Å². The molecule has 2 aromatic rings. The van der Waals surface area contributed by atoms with E-state index in [0.717, 1.165) is 25.1 Å². The third kappa shape index (κ3) is 3.87. The second-order valence-corrected chi connectivity index (χ2v) is 8.03. The van der Waals surface area contributed by atoms with E-state index in [1.165, 1.54) is 32.6 Å². The Morgan fingerprint density at radius 3 is 2.95 bits per heavy atom. The molecule has 1 atom stereocenters. The molecule has 1 unspecified atom stereocenters. The first-order valence-electron chi connectivity index (χ1n) is 7.38. The fraction of sp³-hybridized carbons (Fsp3) is 0.412. The van der Waals surface area contributed by atoms with Crippen molar-refractivity contribution in [3.8, 4) is 5.75 Å². The number of fused-ring (bicyclic) bond motifs is 1. The minimum Gasteiger partial charge on any atom is -0.497 e. The lowest BCUT2D eigenvalue weighted by Gasteiger charge is -2.26. The molecule has 1 heterocycles. The monoisotopic (exact) mass is 365 g/mol. The van der Waals surface area contributed by atoms with E-state index < -0.39 is 0 Å². The Morgan fingerprint density at radius 2 is 2.19 bits per heavy atom. The number of nitrogens with one attached hydrogen (secondary N) is 1. The van der Waals surface area contributed by atoms with Gasteiger partial charge in [-0.2, -0.15) is 0 Å². The van der Waals surface area contributed by atoms with Gasteiger partial charge in [-0.15, -0.1) is 11.3 Å². The Labute approximate surface area is 138 Å². The first-order chi connectivity index (χ1) is 10.2. The molecule has 1 aliphatic rings. The third-order valence-electron chi connectivity index (χ3n) is 4.08. The van der Waals surface area contributed by atoms with Crippen molar-refractivity contribution in [2.24, 2.45) is 0 Å². The molecule has 0 saturated heterocycles. The van der Waals surface area contributed by atoms with E-state index in [0.29, 0.717) is 6.04 Å². The number of halogens is 1. The topological polar surface area (TPSA) is 21.3 Å². The van der Waals surface area contributed by atoms with E-state index >= 15 is 0 Å². The predicted octanol–water partition coefficient (Wildman–Crippen LogP) is 4.21. The van der Waals surface area contributed by atoms with Crippen LogP contribution in [-0.2, 0) is 19.3 Å². The van der Waals surface area contributed by atoms with Crippen molar-refractivity contribution in [1.82, 2.24) is 5.32 Å². The summed E-state index contributed by atoms with van der Waals surface area (Å²) in [6.07, 6.45) is 4.62. The molecule has 1 aromatic heterocycles. The molecule has 0 fully saturated rings. The standard InChI is InChI=1S/C17H20BrNOS/c1-20-15-5-3-12-2-4-14(10-13(12)11-15)19-9-8-16-6-7-17(18)21-16/h3,5-7,11,14,19H,2,4,8-10H2,1H3. The molecule has 0 spiro atoms. The summed E-state index contributed by atoms with van der Waals surface area (Å²) in [7, 11) is 1.74. The van der Waals surface area contributed by atoms with Crippen LogP contribution in [-0.4, -0.2) is 19.7 Å². The van der Waals surface area contributed by atoms with Gasteiger partial charge in [0, 0.05) is 17.5 Å². The third-order valence-corrected chi connectivity index (χ3v) is 5.76. The molecule has 112 valence electrons. The van der Waals surface area contributed by atoms with Crippen LogP contribution in [0.4, 0.5) is 0 Å². The van der Waals surface area contributed by atoms with Crippen molar-refractivity contribution in [2.45, 2.75) is 31.7 Å². The van der Waals surface area contributed by atoms with Crippen LogP contribution in [0.15, 0.2) is 34.1 Å². The molecule has 1 N–H and O–H groups in total. The summed E-state index contributed by atoms with van der Waals surface area (Å²) in [4.78, 5) is 1.44. The van der Waals surface area contributed by atoms with Crippen LogP contribution >= 0.6 is 27.3 Å². The zero-order valence-electron chi connectivity index (χ0n) is 12.2. The quantitative estimate of drug-likeness (QED) is 0.856. The lowest BCUT2D eigenvalue weighted by atomic mass is 9.88. The van der Waals surface area contributed by atoms with Gasteiger partial charge in [-0.1, -0.05) is 6.07 Å². The summed E-state index contributed by atoms with van der Waals surface area (Å²) in [5.74, 6) is 0.970. The number of aryl methyl sites for hydroxylation is 1. The van der Waals surface area contributed by atoms with Crippen molar-refractivity contribution in [3.63, 3.8) is 0 Å². The fourth-order valence-corrected chi connectivity index (χ4v) is 4.40. The van der Waals surface area contributed by atoms with Crippen molar-refractivity contribution < 1.29 is 4.74 Å². The lowest BCUT2D eigenvalue weighted by molar-refractivity contribution is 0.411. The molecule has 2 nitrogen and oxygen atoms in total. The highest BCUT2D eigenvalue weighted by Crippen LogP contribution is 2.26. The van der Waals surface area contributed by atoms with Gasteiger partial charge in [0.05, 0.1) is 10.9 Å². The Hall–Kier alpha value is -0.840. The van der Waals surface area contributed by atoms with Crippen LogP contribution in [0.25, 0.3) is 0 Å². The van der Waals surface area contributed by atoms with E-state index in [-0.39, 0.29) is 0 Å². The fourth-order valence-electron chi connectivity index (χ4n) is 2.92. The van der Waals surface area contributed by atoms with Crippen LogP contribution in [0, 0.1) is 0 Å². The number of rotatable bonds is 5. The molecule has 0 radical (unpaired) electrons. The smallest absolute Gasteiger partial charge is 0.119 e. The maximum Gasteiger partial charge on any atom is 0.119 e. The molecule has 1 aliphatic carbocycles. The van der Waals surface area contributed by atoms with Gasteiger partial charge in [0.25, 0.3) is 0 Å². The van der Waals surface area contributed by atoms with Gasteiger partial charge >= 0.3 is 0 Å². The molecule has 0 bridgehead atoms. The second-order valence-electron chi connectivity index (χ2n) is 5.48. The summed E-state index contributed by atoms with van der Waals surface area (Å²) < 4.78 is 6.55. The molecule has 3 rings (SSSR count). The number of thiophene rings is 1. The number of methoxy groups -OCH3 is 1. The summed E-state index contributed by atoms with van der Waals surface area (Å²) in [6.45, 7) is 1.05. The Kier molecular flexibility index (Phi) is 4.99. The van der Waals surface area contributed by atoms with Crippen molar-refractivity contribution >= 4 is 27.3 Å². The van der Waals surface area contributed by atoms with Crippen LogP contribution in [0.5, 0.6) is 5.75 Å². The van der Waals surface area contributed by atoms with Gasteiger partial charge in [-0.25, -0.2) is 0 Å². The van der Waals surface area contributed by atoms with E-state index in [1.807, 2.05) is 11.3 Å². The van der Waals surface area contributed by atoms with E-state index in [2.05, 4.69) is 51.6 Å². The zero-order chi connectivity index (χ0) is 14.7. The average Bonchev–Trinajstić information content (AvgIpc) is 2.92. The molecule has 1 aromatic carbocycles. The number of hydrogen-bond acceptors (Lipinski definition) is 3. The van der Waals surface area contributed by atoms with Gasteiger partial charge in [0.1, 0.15) is 5.75 Å². The van der Waals surface area contributed by atoms with Gasteiger partial charge in [0.15, 0.2) is 0 Å². The molecule has 21 heavy (non-hydrogen) atoms. The SMILES string of the molecule is COc1ccc2c(c1)CC(NCCc1ccc(Br)s1)CC2. The first kappa shape index (κ1) is 15.1. The first-order valence-corrected chi connectivity index (χ1v) is 8.99. The van der Waals surface area contributed by atoms with Gasteiger partial charge < -0.3 is 10.1 Å². The van der Waals surface area contributed by atoms with Crippen LogP contribution in [0.2, 0.25) is 0 Å². The summed E-state index contributed by atoms with van der Waals surface area (Å²) >= 11 is 5.35. The van der Waals surface area contributed by atoms with Crippen molar-refractivity contribution in [2.75, 3.05) is 13.7 Å². The highest BCUT2D eigenvalue weighted by molar-refractivity contribution is 9.11. The Morgan fingerprint density at radius 1 is 1.29 bits per heavy atom. The minimum atomic E-state index is 0.591. The molecular weight excluding hydrogens is 346 g/mol. The largest absolute Gasteiger partial charge is 0.497 e. The van der Waals surface area contributed by atoms with E-state index in [4.69, 9.17) is 4.74 Å². The summed E-state index contributed by atoms with van der Waals surface area (Å²) in [5.41, 5.74) is 2.92. The van der Waals surface area contributed by atoms with Crippen molar-refractivity contribution in [3.05, 3.63) is 50.1 Å². The number of hydrogen-bond donors (Lipinski definition) is 1. The normalized spacial score (nSPS) is 17.5. The molecule has 0 saturated carbocycles. The second kappa shape index (κ2) is 6.95. The molecule has 0 amide bonds. The highest BCUT2D eigenvalue weighted by Gasteiger charge is 2.18. The summed E-state index contributed by atoms with van der Waals surface area (Å²) in [5, 5.41) is 3.71. The van der Waals surface area contributed by atoms with Crippen molar-refractivity contribution in [1.29, 1.82) is 0 Å². The minimum absolute atomic E-state index is 0.591. The molecule has 0 aliphatic heterocycles. The highest BCUT2D eigenvalue weighted by atomic mass is 79.9. The average molecular weight is 366 g/mol. The van der Waals surface area contributed by atoms with E-state index in [9.17, 15) is 0 Å². The maximum absolute atomic E-state index is 5.33. The van der Waals surface area contributed by atoms with Crippen LogP contribution < -0.4 is 10.1 Å². The maximum atomic E-state index is 5.33. The molecule has 4 heteroatoms. The van der Waals surface area contributed by atoms with E-state index in [1.54, 1.807) is 7.11 Å². The van der Waals surface area contributed by atoms with Gasteiger partial charge in [0.2, 0.25) is 0 Å². The van der Waals surface area contributed by atoms with Crippen LogP contribution in [0.1, 0.15) is 22.4 Å². The number of benzene rings is 1. The number of ether oxygens (including phenoxy) is 1. The lowest BCUT2D eigenvalue weighted by Crippen LogP contribution is -2.35. The predicted molar refractivity (Wildman–Crippen MR) is 92.5 cm³/mol. The molecular formula is C17H20BrNOS. The van der Waals surface area contributed by atoms with Crippen LogP contribution in [0.3, 0.4) is 0 Å². The zero-order valence-corrected chi connectivity index (χ0v) is 14.6. The summed E-state index contributed by atoms with van der Waals surface area (Å²) in [6, 6.07) is 11.4.